The molecule has 1 heterocycles. The highest BCUT2D eigenvalue weighted by molar-refractivity contribution is 5.75. The van der Waals surface area contributed by atoms with Crippen molar-refractivity contribution in [1.29, 1.82) is 0 Å². The van der Waals surface area contributed by atoms with Crippen molar-refractivity contribution >= 4 is 5.91 Å². The lowest BCUT2D eigenvalue weighted by Gasteiger charge is -2.08. The lowest BCUT2D eigenvalue weighted by molar-refractivity contribution is -0.120. The van der Waals surface area contributed by atoms with Crippen LogP contribution in [0.3, 0.4) is 0 Å². The molecule has 5 nitrogen and oxygen atoms in total. The van der Waals surface area contributed by atoms with Gasteiger partial charge >= 0.3 is 0 Å². The normalized spacial score (nSPS) is 10.6. The van der Waals surface area contributed by atoms with Gasteiger partial charge < -0.3 is 15.2 Å². The molecule has 18 heavy (non-hydrogen) atoms. The van der Waals surface area contributed by atoms with E-state index in [0.29, 0.717) is 19.5 Å². The lowest BCUT2D eigenvalue weighted by atomic mass is 10.3. The van der Waals surface area contributed by atoms with Crippen molar-refractivity contribution in [2.45, 2.75) is 46.2 Å². The number of imidazole rings is 1. The van der Waals surface area contributed by atoms with Crippen molar-refractivity contribution in [3.63, 3.8) is 0 Å². The number of hydrogen-bond donors (Lipinski definition) is 2. The van der Waals surface area contributed by atoms with Crippen LogP contribution in [0.15, 0.2) is 12.4 Å². The maximum Gasteiger partial charge on any atom is 0.221 e. The number of amides is 1. The molecule has 0 aromatic carbocycles. The van der Waals surface area contributed by atoms with Crippen LogP contribution in [0.2, 0.25) is 0 Å². The van der Waals surface area contributed by atoms with Gasteiger partial charge in [0.1, 0.15) is 5.82 Å². The standard InChI is InChI=1S/C13H24N4O/c1-3-6-16-13(18)5-7-14-11-12-15-8-10-17(12)9-4-2/h8,10,14H,3-7,9,11H2,1-2H3,(H,16,18). The summed E-state index contributed by atoms with van der Waals surface area (Å²) in [7, 11) is 0. The summed E-state index contributed by atoms with van der Waals surface area (Å²) in [5.74, 6) is 1.15. The maximum absolute atomic E-state index is 11.4. The molecule has 0 saturated heterocycles. The molecule has 5 heteroatoms. The van der Waals surface area contributed by atoms with Gasteiger partial charge in [0, 0.05) is 38.4 Å². The number of hydrogen-bond acceptors (Lipinski definition) is 3. The molecule has 1 aromatic heterocycles. The van der Waals surface area contributed by atoms with Crippen LogP contribution in [0, 0.1) is 0 Å². The third-order valence-corrected chi connectivity index (χ3v) is 2.65. The van der Waals surface area contributed by atoms with Gasteiger partial charge in [-0.1, -0.05) is 13.8 Å². The fraction of sp³-hybridized carbons (Fsp3) is 0.692. The van der Waals surface area contributed by atoms with E-state index in [2.05, 4.69) is 27.1 Å². The lowest BCUT2D eigenvalue weighted by Crippen LogP contribution is -2.28. The van der Waals surface area contributed by atoms with Crippen LogP contribution in [0.4, 0.5) is 0 Å². The molecule has 2 N–H and O–H groups in total. The van der Waals surface area contributed by atoms with Crippen molar-refractivity contribution < 1.29 is 4.79 Å². The fourth-order valence-electron chi connectivity index (χ4n) is 1.71. The highest BCUT2D eigenvalue weighted by Gasteiger charge is 2.02. The van der Waals surface area contributed by atoms with Gasteiger partial charge in [0.2, 0.25) is 5.91 Å². The van der Waals surface area contributed by atoms with Gasteiger partial charge in [0.25, 0.3) is 0 Å². The molecule has 0 aliphatic rings. The van der Waals surface area contributed by atoms with E-state index in [-0.39, 0.29) is 5.91 Å². The Morgan fingerprint density at radius 3 is 2.89 bits per heavy atom. The number of aryl methyl sites for hydroxylation is 1. The predicted octanol–water partition coefficient (Wildman–Crippen LogP) is 1.30. The maximum atomic E-state index is 11.4. The zero-order valence-corrected chi connectivity index (χ0v) is 11.4. The van der Waals surface area contributed by atoms with Crippen LogP contribution < -0.4 is 10.6 Å². The van der Waals surface area contributed by atoms with E-state index in [1.807, 2.05) is 19.3 Å². The molecular weight excluding hydrogens is 228 g/mol. The minimum Gasteiger partial charge on any atom is -0.356 e. The van der Waals surface area contributed by atoms with Gasteiger partial charge in [-0.3, -0.25) is 4.79 Å². The number of rotatable bonds is 9. The predicted molar refractivity (Wildman–Crippen MR) is 72.1 cm³/mol. The fourth-order valence-corrected chi connectivity index (χ4v) is 1.71. The second kappa shape index (κ2) is 8.69. The minimum atomic E-state index is 0.112. The smallest absolute Gasteiger partial charge is 0.221 e. The van der Waals surface area contributed by atoms with Crippen molar-refractivity contribution in [1.82, 2.24) is 20.2 Å². The van der Waals surface area contributed by atoms with Gasteiger partial charge in [-0.25, -0.2) is 4.98 Å². The van der Waals surface area contributed by atoms with Gasteiger partial charge in [0.15, 0.2) is 0 Å². The summed E-state index contributed by atoms with van der Waals surface area (Å²) >= 11 is 0. The monoisotopic (exact) mass is 252 g/mol. The average Bonchev–Trinajstić information content (AvgIpc) is 2.80. The Hall–Kier alpha value is -1.36. The Labute approximate surface area is 109 Å². The molecule has 0 bridgehead atoms. The number of carbonyl (C=O) groups excluding carboxylic acids is 1. The highest BCUT2D eigenvalue weighted by atomic mass is 16.1. The topological polar surface area (TPSA) is 59.0 Å². The van der Waals surface area contributed by atoms with Crippen molar-refractivity contribution in [2.75, 3.05) is 13.1 Å². The van der Waals surface area contributed by atoms with E-state index >= 15 is 0 Å². The van der Waals surface area contributed by atoms with E-state index in [1.165, 1.54) is 0 Å². The summed E-state index contributed by atoms with van der Waals surface area (Å²) in [4.78, 5) is 15.7. The van der Waals surface area contributed by atoms with Crippen LogP contribution in [0.25, 0.3) is 0 Å². The first-order chi connectivity index (χ1) is 8.77. The van der Waals surface area contributed by atoms with E-state index in [4.69, 9.17) is 0 Å². The van der Waals surface area contributed by atoms with Crippen LogP contribution >= 0.6 is 0 Å². The summed E-state index contributed by atoms with van der Waals surface area (Å²) < 4.78 is 2.14. The van der Waals surface area contributed by atoms with E-state index in [9.17, 15) is 4.79 Å². The summed E-state index contributed by atoms with van der Waals surface area (Å²) in [5, 5.41) is 6.11. The molecule has 0 aliphatic heterocycles. The van der Waals surface area contributed by atoms with Crippen LogP contribution in [-0.4, -0.2) is 28.5 Å². The summed E-state index contributed by atoms with van der Waals surface area (Å²) in [6.45, 7) is 7.36. The molecule has 1 rings (SSSR count). The third-order valence-electron chi connectivity index (χ3n) is 2.65. The van der Waals surface area contributed by atoms with Gasteiger partial charge in [0.05, 0.1) is 6.54 Å². The second-order valence-electron chi connectivity index (χ2n) is 4.31. The molecule has 0 unspecified atom stereocenters. The molecule has 0 atom stereocenters. The first-order valence-corrected chi connectivity index (χ1v) is 6.75. The van der Waals surface area contributed by atoms with Crippen molar-refractivity contribution in [3.8, 4) is 0 Å². The molecule has 0 fully saturated rings. The zero-order valence-electron chi connectivity index (χ0n) is 11.4. The van der Waals surface area contributed by atoms with Crippen LogP contribution in [-0.2, 0) is 17.9 Å². The molecule has 0 radical (unpaired) electrons. The molecule has 0 saturated carbocycles. The quantitative estimate of drug-likeness (QED) is 0.651. The van der Waals surface area contributed by atoms with Gasteiger partial charge in [-0.2, -0.15) is 0 Å². The second-order valence-corrected chi connectivity index (χ2v) is 4.31. The molecule has 0 spiro atoms. The number of aromatic nitrogens is 2. The first-order valence-electron chi connectivity index (χ1n) is 6.75. The molecule has 1 aromatic rings. The first kappa shape index (κ1) is 14.7. The molecule has 1 amide bonds. The molecule has 0 aliphatic carbocycles. The average molecular weight is 252 g/mol. The van der Waals surface area contributed by atoms with E-state index in [0.717, 1.165) is 31.8 Å². The Balaban J connectivity index is 2.17. The van der Waals surface area contributed by atoms with E-state index in [1.54, 1.807) is 0 Å². The van der Waals surface area contributed by atoms with Crippen molar-refractivity contribution in [3.05, 3.63) is 18.2 Å². The van der Waals surface area contributed by atoms with Gasteiger partial charge in [-0.05, 0) is 12.8 Å². The number of carbonyl (C=O) groups is 1. The van der Waals surface area contributed by atoms with Gasteiger partial charge in [-0.15, -0.1) is 0 Å². The SMILES string of the molecule is CCCNC(=O)CCNCc1nccn1CCC. The number of nitrogens with one attached hydrogen (secondary N) is 2. The van der Waals surface area contributed by atoms with Crippen LogP contribution in [0.1, 0.15) is 38.9 Å². The Morgan fingerprint density at radius 2 is 2.17 bits per heavy atom. The molecular formula is C13H24N4O. The summed E-state index contributed by atoms with van der Waals surface area (Å²) in [6, 6.07) is 0. The molecule has 102 valence electrons. The number of nitrogens with zero attached hydrogens (tertiary/aromatic N) is 2. The minimum absolute atomic E-state index is 0.112. The Bertz CT molecular complexity index is 349. The van der Waals surface area contributed by atoms with Crippen LogP contribution in [0.5, 0.6) is 0 Å². The Kier molecular flexibility index (Phi) is 7.10. The zero-order chi connectivity index (χ0) is 13.2. The highest BCUT2D eigenvalue weighted by Crippen LogP contribution is 1.98. The Morgan fingerprint density at radius 1 is 1.33 bits per heavy atom. The van der Waals surface area contributed by atoms with E-state index < -0.39 is 0 Å². The van der Waals surface area contributed by atoms with Crippen molar-refractivity contribution in [2.24, 2.45) is 0 Å². The third kappa shape index (κ3) is 5.31. The largest absolute Gasteiger partial charge is 0.356 e. The summed E-state index contributed by atoms with van der Waals surface area (Å²) in [5.41, 5.74) is 0. The summed E-state index contributed by atoms with van der Waals surface area (Å²) in [6.07, 6.45) is 6.42.